The first-order valence-electron chi connectivity index (χ1n) is 5.09. The SMILES string of the molecule is CCC(NCCc1ccncc1)C(=O)O. The van der Waals surface area contributed by atoms with Gasteiger partial charge in [-0.25, -0.2) is 0 Å². The third kappa shape index (κ3) is 4.08. The van der Waals surface area contributed by atoms with E-state index in [4.69, 9.17) is 5.11 Å². The first-order chi connectivity index (χ1) is 7.24. The van der Waals surface area contributed by atoms with Crippen LogP contribution in [-0.2, 0) is 11.2 Å². The van der Waals surface area contributed by atoms with Crippen LogP contribution < -0.4 is 5.32 Å². The highest BCUT2D eigenvalue weighted by molar-refractivity contribution is 5.73. The van der Waals surface area contributed by atoms with Gasteiger partial charge in [0.05, 0.1) is 0 Å². The predicted molar refractivity (Wildman–Crippen MR) is 57.7 cm³/mol. The van der Waals surface area contributed by atoms with Gasteiger partial charge < -0.3 is 10.4 Å². The Balaban J connectivity index is 2.30. The standard InChI is InChI=1S/C11H16N2O2/c1-2-10(11(14)15)13-8-5-9-3-6-12-7-4-9/h3-4,6-7,10,13H,2,5,8H2,1H3,(H,14,15). The summed E-state index contributed by atoms with van der Waals surface area (Å²) in [6, 6.07) is 3.43. The lowest BCUT2D eigenvalue weighted by Crippen LogP contribution is -2.37. The van der Waals surface area contributed by atoms with Crippen LogP contribution in [0, 0.1) is 0 Å². The van der Waals surface area contributed by atoms with E-state index < -0.39 is 12.0 Å². The van der Waals surface area contributed by atoms with Gasteiger partial charge in [0.25, 0.3) is 0 Å². The molecule has 0 fully saturated rings. The molecule has 4 heteroatoms. The zero-order chi connectivity index (χ0) is 11.1. The van der Waals surface area contributed by atoms with E-state index in [-0.39, 0.29) is 0 Å². The number of nitrogens with zero attached hydrogens (tertiary/aromatic N) is 1. The molecule has 0 saturated carbocycles. The number of pyridine rings is 1. The van der Waals surface area contributed by atoms with E-state index in [9.17, 15) is 4.79 Å². The summed E-state index contributed by atoms with van der Waals surface area (Å²) in [7, 11) is 0. The molecule has 15 heavy (non-hydrogen) atoms. The number of rotatable bonds is 6. The van der Waals surface area contributed by atoms with E-state index >= 15 is 0 Å². The summed E-state index contributed by atoms with van der Waals surface area (Å²) in [5.41, 5.74) is 1.16. The summed E-state index contributed by atoms with van der Waals surface area (Å²) >= 11 is 0. The Labute approximate surface area is 89.3 Å². The van der Waals surface area contributed by atoms with Crippen molar-refractivity contribution in [2.45, 2.75) is 25.8 Å². The molecule has 1 aromatic rings. The van der Waals surface area contributed by atoms with Crippen LogP contribution in [0.25, 0.3) is 0 Å². The van der Waals surface area contributed by atoms with Gasteiger partial charge in [-0.15, -0.1) is 0 Å². The molecule has 0 bridgehead atoms. The predicted octanol–water partition coefficient (Wildman–Crippen LogP) is 1.08. The van der Waals surface area contributed by atoms with E-state index in [1.54, 1.807) is 12.4 Å². The topological polar surface area (TPSA) is 62.2 Å². The van der Waals surface area contributed by atoms with E-state index in [1.807, 2.05) is 19.1 Å². The number of carboxylic acid groups (broad SMARTS) is 1. The second kappa shape index (κ2) is 6.14. The Morgan fingerprint density at radius 3 is 2.73 bits per heavy atom. The van der Waals surface area contributed by atoms with Crippen molar-refractivity contribution >= 4 is 5.97 Å². The van der Waals surface area contributed by atoms with Gasteiger partial charge in [-0.1, -0.05) is 6.92 Å². The van der Waals surface area contributed by atoms with Gasteiger partial charge in [-0.05, 0) is 37.1 Å². The van der Waals surface area contributed by atoms with Gasteiger partial charge in [-0.2, -0.15) is 0 Å². The summed E-state index contributed by atoms with van der Waals surface area (Å²) in [5.74, 6) is -0.785. The molecule has 4 nitrogen and oxygen atoms in total. The lowest BCUT2D eigenvalue weighted by atomic mass is 10.2. The molecule has 0 aliphatic heterocycles. The Kier molecular flexibility index (Phi) is 4.77. The monoisotopic (exact) mass is 208 g/mol. The van der Waals surface area contributed by atoms with Crippen molar-refractivity contribution in [3.8, 4) is 0 Å². The second-order valence-corrected chi connectivity index (χ2v) is 3.36. The zero-order valence-electron chi connectivity index (χ0n) is 8.81. The zero-order valence-corrected chi connectivity index (χ0v) is 8.81. The van der Waals surface area contributed by atoms with Gasteiger partial charge in [0.2, 0.25) is 0 Å². The maximum absolute atomic E-state index is 10.7. The minimum Gasteiger partial charge on any atom is -0.480 e. The van der Waals surface area contributed by atoms with Gasteiger partial charge in [-0.3, -0.25) is 9.78 Å². The highest BCUT2D eigenvalue weighted by atomic mass is 16.4. The van der Waals surface area contributed by atoms with E-state index in [1.165, 1.54) is 0 Å². The molecule has 1 aromatic heterocycles. The first kappa shape index (κ1) is 11.7. The molecule has 0 aliphatic carbocycles. The fraction of sp³-hybridized carbons (Fsp3) is 0.455. The fourth-order valence-corrected chi connectivity index (χ4v) is 1.35. The lowest BCUT2D eigenvalue weighted by molar-refractivity contribution is -0.139. The van der Waals surface area contributed by atoms with Crippen molar-refractivity contribution in [2.24, 2.45) is 0 Å². The average Bonchev–Trinajstić information content (AvgIpc) is 2.25. The van der Waals surface area contributed by atoms with Crippen LogP contribution in [0.2, 0.25) is 0 Å². The van der Waals surface area contributed by atoms with Crippen LogP contribution in [0.3, 0.4) is 0 Å². The molecule has 0 aliphatic rings. The number of carbonyl (C=O) groups is 1. The largest absolute Gasteiger partial charge is 0.480 e. The van der Waals surface area contributed by atoms with Gasteiger partial charge in [0.15, 0.2) is 0 Å². The highest BCUT2D eigenvalue weighted by Gasteiger charge is 2.12. The van der Waals surface area contributed by atoms with Crippen molar-refractivity contribution in [2.75, 3.05) is 6.54 Å². The van der Waals surface area contributed by atoms with E-state index in [0.717, 1.165) is 12.0 Å². The molecule has 0 amide bonds. The number of nitrogens with one attached hydrogen (secondary N) is 1. The fourth-order valence-electron chi connectivity index (χ4n) is 1.35. The minimum atomic E-state index is -0.785. The number of aromatic nitrogens is 1. The molecule has 1 rings (SSSR count). The molecule has 0 saturated heterocycles. The molecule has 2 N–H and O–H groups in total. The van der Waals surface area contributed by atoms with Crippen LogP contribution in [0.1, 0.15) is 18.9 Å². The number of hydrogen-bond acceptors (Lipinski definition) is 3. The third-order valence-corrected chi connectivity index (χ3v) is 2.26. The number of aliphatic carboxylic acids is 1. The van der Waals surface area contributed by atoms with Crippen LogP contribution in [0.5, 0.6) is 0 Å². The normalized spacial score (nSPS) is 12.3. The Morgan fingerprint density at radius 2 is 2.20 bits per heavy atom. The van der Waals surface area contributed by atoms with Crippen LogP contribution in [-0.4, -0.2) is 28.6 Å². The van der Waals surface area contributed by atoms with Crippen LogP contribution in [0.4, 0.5) is 0 Å². The Bertz CT molecular complexity index is 301. The molecule has 1 atom stereocenters. The second-order valence-electron chi connectivity index (χ2n) is 3.36. The molecule has 1 unspecified atom stereocenters. The highest BCUT2D eigenvalue weighted by Crippen LogP contribution is 1.97. The molecule has 0 spiro atoms. The van der Waals surface area contributed by atoms with E-state index in [0.29, 0.717) is 13.0 Å². The maximum atomic E-state index is 10.7. The summed E-state index contributed by atoms with van der Waals surface area (Å²) in [6.45, 7) is 2.53. The molecule has 1 heterocycles. The van der Waals surface area contributed by atoms with Crippen molar-refractivity contribution in [3.63, 3.8) is 0 Å². The Hall–Kier alpha value is -1.42. The van der Waals surface area contributed by atoms with Crippen molar-refractivity contribution in [1.82, 2.24) is 10.3 Å². The molecular weight excluding hydrogens is 192 g/mol. The van der Waals surface area contributed by atoms with Gasteiger partial charge >= 0.3 is 5.97 Å². The van der Waals surface area contributed by atoms with Crippen molar-refractivity contribution in [1.29, 1.82) is 0 Å². The molecular formula is C11H16N2O2. The Morgan fingerprint density at radius 1 is 1.53 bits per heavy atom. The maximum Gasteiger partial charge on any atom is 0.320 e. The van der Waals surface area contributed by atoms with Crippen LogP contribution in [0.15, 0.2) is 24.5 Å². The molecule has 82 valence electrons. The summed E-state index contributed by atoms with van der Waals surface area (Å²) in [4.78, 5) is 14.6. The quantitative estimate of drug-likeness (QED) is 0.734. The smallest absolute Gasteiger partial charge is 0.320 e. The third-order valence-electron chi connectivity index (χ3n) is 2.26. The summed E-state index contributed by atoms with van der Waals surface area (Å²) in [6.07, 6.45) is 4.91. The first-order valence-corrected chi connectivity index (χ1v) is 5.09. The average molecular weight is 208 g/mol. The van der Waals surface area contributed by atoms with Crippen molar-refractivity contribution in [3.05, 3.63) is 30.1 Å². The van der Waals surface area contributed by atoms with E-state index in [2.05, 4.69) is 10.3 Å². The number of hydrogen-bond donors (Lipinski definition) is 2. The summed E-state index contributed by atoms with van der Waals surface area (Å²) in [5, 5.41) is 11.8. The van der Waals surface area contributed by atoms with Gasteiger partial charge in [0, 0.05) is 12.4 Å². The minimum absolute atomic E-state index is 0.438. The summed E-state index contributed by atoms with van der Waals surface area (Å²) < 4.78 is 0. The molecule has 0 radical (unpaired) electrons. The van der Waals surface area contributed by atoms with Crippen molar-refractivity contribution < 1.29 is 9.90 Å². The number of carboxylic acids is 1. The van der Waals surface area contributed by atoms with Crippen LogP contribution >= 0.6 is 0 Å². The lowest BCUT2D eigenvalue weighted by Gasteiger charge is -2.11. The van der Waals surface area contributed by atoms with Gasteiger partial charge in [0.1, 0.15) is 6.04 Å². The molecule has 0 aromatic carbocycles.